The van der Waals surface area contributed by atoms with Gasteiger partial charge < -0.3 is 15.4 Å². The number of amides is 2. The molecule has 0 bridgehead atoms. The van der Waals surface area contributed by atoms with Crippen molar-refractivity contribution in [2.24, 2.45) is 0 Å². The molecular formula is C27H26N4O4S. The van der Waals surface area contributed by atoms with Crippen LogP contribution in [0.1, 0.15) is 45.0 Å². The van der Waals surface area contributed by atoms with E-state index in [1.54, 1.807) is 18.3 Å². The van der Waals surface area contributed by atoms with E-state index in [1.165, 1.54) is 17.5 Å². The van der Waals surface area contributed by atoms with Gasteiger partial charge in [0.15, 0.2) is 5.01 Å². The second-order valence-electron chi connectivity index (χ2n) is 8.10. The van der Waals surface area contributed by atoms with E-state index in [4.69, 9.17) is 4.74 Å². The SMILES string of the molecule is O=C(NCCCCC(NC(=O)c1cccnc1)C(=O)c1nc2ccccc2s1)OCc1ccccc1. The predicted molar refractivity (Wildman–Crippen MR) is 138 cm³/mol. The van der Waals surface area contributed by atoms with Crippen LogP contribution in [0.3, 0.4) is 0 Å². The highest BCUT2D eigenvalue weighted by Crippen LogP contribution is 2.23. The Balaban J connectivity index is 1.31. The average Bonchev–Trinajstić information content (AvgIpc) is 3.36. The molecule has 0 fully saturated rings. The number of carbonyl (C=O) groups excluding carboxylic acids is 3. The molecule has 184 valence electrons. The molecule has 0 saturated heterocycles. The number of ketones is 1. The van der Waals surface area contributed by atoms with Crippen molar-refractivity contribution in [1.82, 2.24) is 20.6 Å². The topological polar surface area (TPSA) is 110 Å². The summed E-state index contributed by atoms with van der Waals surface area (Å²) in [4.78, 5) is 46.4. The second kappa shape index (κ2) is 12.6. The Bertz CT molecular complexity index is 1280. The second-order valence-corrected chi connectivity index (χ2v) is 9.13. The molecule has 36 heavy (non-hydrogen) atoms. The number of rotatable bonds is 11. The summed E-state index contributed by atoms with van der Waals surface area (Å²) >= 11 is 1.31. The summed E-state index contributed by atoms with van der Waals surface area (Å²) in [5.41, 5.74) is 2.04. The van der Waals surface area contributed by atoms with Gasteiger partial charge in [-0.15, -0.1) is 11.3 Å². The number of benzene rings is 2. The third kappa shape index (κ3) is 6.96. The number of nitrogens with zero attached hydrogens (tertiary/aromatic N) is 2. The Morgan fingerprint density at radius 1 is 0.944 bits per heavy atom. The molecule has 2 aromatic heterocycles. The largest absolute Gasteiger partial charge is 0.445 e. The standard InChI is InChI=1S/C27H26N4O4S/c32-24(26-31-21-12-4-5-14-23(21)36-26)22(30-25(33)20-11-8-15-28-17-20)13-6-7-16-29-27(34)35-18-19-9-2-1-3-10-19/h1-5,8-12,14-15,17,22H,6-7,13,16,18H2,(H,29,34)(H,30,33). The molecule has 2 heterocycles. The molecule has 4 aromatic rings. The molecule has 2 aromatic carbocycles. The smallest absolute Gasteiger partial charge is 0.407 e. The first-order valence-corrected chi connectivity index (χ1v) is 12.5. The molecule has 2 amide bonds. The summed E-state index contributed by atoms with van der Waals surface area (Å²) in [7, 11) is 0. The summed E-state index contributed by atoms with van der Waals surface area (Å²) in [5, 5.41) is 5.92. The van der Waals surface area contributed by atoms with Gasteiger partial charge in [-0.2, -0.15) is 0 Å². The zero-order valence-corrected chi connectivity index (χ0v) is 20.4. The van der Waals surface area contributed by atoms with Crippen molar-refractivity contribution >= 4 is 39.3 Å². The van der Waals surface area contributed by atoms with Crippen LogP contribution in [0.4, 0.5) is 4.79 Å². The van der Waals surface area contributed by atoms with Gasteiger partial charge in [0.25, 0.3) is 5.91 Å². The summed E-state index contributed by atoms with van der Waals surface area (Å²) in [6, 6.07) is 19.5. The number of pyridine rings is 1. The lowest BCUT2D eigenvalue weighted by Gasteiger charge is -2.17. The van der Waals surface area contributed by atoms with Crippen LogP contribution in [-0.4, -0.2) is 40.3 Å². The van der Waals surface area contributed by atoms with Crippen LogP contribution in [0.25, 0.3) is 10.2 Å². The number of ether oxygens (including phenoxy) is 1. The summed E-state index contributed by atoms with van der Waals surface area (Å²) in [6.45, 7) is 0.595. The fourth-order valence-electron chi connectivity index (χ4n) is 3.57. The van der Waals surface area contributed by atoms with Crippen molar-refractivity contribution in [3.63, 3.8) is 0 Å². The maximum Gasteiger partial charge on any atom is 0.407 e. The van der Waals surface area contributed by atoms with Gasteiger partial charge in [0, 0.05) is 18.9 Å². The third-order valence-electron chi connectivity index (χ3n) is 5.45. The minimum absolute atomic E-state index is 0.200. The molecule has 1 atom stereocenters. The first kappa shape index (κ1) is 25.0. The number of nitrogens with one attached hydrogen (secondary N) is 2. The van der Waals surface area contributed by atoms with E-state index in [2.05, 4.69) is 20.6 Å². The number of carbonyl (C=O) groups is 3. The Hall–Kier alpha value is -4.11. The Morgan fingerprint density at radius 2 is 1.75 bits per heavy atom. The lowest BCUT2D eigenvalue weighted by atomic mass is 10.0. The van der Waals surface area contributed by atoms with E-state index in [0.717, 1.165) is 15.8 Å². The molecule has 0 spiro atoms. The lowest BCUT2D eigenvalue weighted by molar-refractivity contribution is 0.0850. The number of alkyl carbamates (subject to hydrolysis) is 1. The molecule has 4 rings (SSSR count). The van der Waals surface area contributed by atoms with Crippen LogP contribution in [0.2, 0.25) is 0 Å². The van der Waals surface area contributed by atoms with Gasteiger partial charge in [-0.25, -0.2) is 9.78 Å². The zero-order valence-electron chi connectivity index (χ0n) is 19.6. The van der Waals surface area contributed by atoms with Gasteiger partial charge in [0.2, 0.25) is 5.78 Å². The summed E-state index contributed by atoms with van der Waals surface area (Å²) < 4.78 is 6.12. The highest BCUT2D eigenvalue weighted by Gasteiger charge is 2.25. The monoisotopic (exact) mass is 502 g/mol. The molecule has 0 aliphatic rings. The predicted octanol–water partition coefficient (Wildman–Crippen LogP) is 4.77. The van der Waals surface area contributed by atoms with Crippen LogP contribution in [0.5, 0.6) is 0 Å². The number of unbranched alkanes of at least 4 members (excludes halogenated alkanes) is 1. The highest BCUT2D eigenvalue weighted by atomic mass is 32.1. The maximum absolute atomic E-state index is 13.3. The van der Waals surface area contributed by atoms with Gasteiger partial charge >= 0.3 is 6.09 Å². The molecule has 9 heteroatoms. The fourth-order valence-corrected chi connectivity index (χ4v) is 4.53. The van der Waals surface area contributed by atoms with E-state index in [0.29, 0.717) is 36.4 Å². The Labute approximate surface area is 212 Å². The van der Waals surface area contributed by atoms with Crippen molar-refractivity contribution in [3.05, 3.63) is 95.3 Å². The quantitative estimate of drug-likeness (QED) is 0.226. The minimum atomic E-state index is -0.747. The lowest BCUT2D eigenvalue weighted by Crippen LogP contribution is -2.41. The van der Waals surface area contributed by atoms with Crippen LogP contribution < -0.4 is 10.6 Å². The third-order valence-corrected chi connectivity index (χ3v) is 6.50. The van der Waals surface area contributed by atoms with Crippen molar-refractivity contribution in [2.45, 2.75) is 31.9 Å². The number of hydrogen-bond donors (Lipinski definition) is 2. The van der Waals surface area contributed by atoms with Crippen molar-refractivity contribution in [1.29, 1.82) is 0 Å². The fraction of sp³-hybridized carbons (Fsp3) is 0.222. The number of Topliss-reactive ketones (excluding diaryl/α,β-unsaturated/α-hetero) is 1. The number of hydrogen-bond acceptors (Lipinski definition) is 7. The van der Waals surface area contributed by atoms with Crippen LogP contribution in [0, 0.1) is 0 Å². The van der Waals surface area contributed by atoms with E-state index in [9.17, 15) is 14.4 Å². The van der Waals surface area contributed by atoms with E-state index < -0.39 is 12.1 Å². The average molecular weight is 503 g/mol. The minimum Gasteiger partial charge on any atom is -0.445 e. The van der Waals surface area contributed by atoms with Gasteiger partial charge in [0.05, 0.1) is 21.8 Å². The number of aromatic nitrogens is 2. The molecule has 0 saturated carbocycles. The highest BCUT2D eigenvalue weighted by molar-refractivity contribution is 7.20. The van der Waals surface area contributed by atoms with Crippen molar-refractivity contribution < 1.29 is 19.1 Å². The number of fused-ring (bicyclic) bond motifs is 1. The van der Waals surface area contributed by atoms with Crippen LogP contribution in [-0.2, 0) is 11.3 Å². The summed E-state index contributed by atoms with van der Waals surface area (Å²) in [5.74, 6) is -0.603. The number of para-hydroxylation sites is 1. The molecule has 0 radical (unpaired) electrons. The summed E-state index contributed by atoms with van der Waals surface area (Å²) in [6.07, 6.45) is 4.17. The molecule has 0 aliphatic carbocycles. The van der Waals surface area contributed by atoms with Gasteiger partial charge in [-0.1, -0.05) is 42.5 Å². The van der Waals surface area contributed by atoms with Crippen LogP contribution >= 0.6 is 11.3 Å². The van der Waals surface area contributed by atoms with E-state index in [-0.39, 0.29) is 18.3 Å². The number of thiazole rings is 1. The molecule has 2 N–H and O–H groups in total. The van der Waals surface area contributed by atoms with Gasteiger partial charge in [0.1, 0.15) is 6.61 Å². The zero-order chi connectivity index (χ0) is 25.2. The first-order chi connectivity index (χ1) is 17.6. The van der Waals surface area contributed by atoms with Crippen molar-refractivity contribution in [2.75, 3.05) is 6.54 Å². The van der Waals surface area contributed by atoms with Gasteiger partial charge in [-0.05, 0) is 49.1 Å². The Kier molecular flexibility index (Phi) is 8.72. The normalized spacial score (nSPS) is 11.6. The molecular weight excluding hydrogens is 476 g/mol. The van der Waals surface area contributed by atoms with E-state index >= 15 is 0 Å². The Morgan fingerprint density at radius 3 is 2.53 bits per heavy atom. The van der Waals surface area contributed by atoms with E-state index in [1.807, 2.05) is 54.6 Å². The maximum atomic E-state index is 13.3. The molecule has 0 aliphatic heterocycles. The van der Waals surface area contributed by atoms with Crippen LogP contribution in [0.15, 0.2) is 79.1 Å². The molecule has 1 unspecified atom stereocenters. The van der Waals surface area contributed by atoms with Gasteiger partial charge in [-0.3, -0.25) is 14.6 Å². The first-order valence-electron chi connectivity index (χ1n) is 11.7. The van der Waals surface area contributed by atoms with Crippen molar-refractivity contribution in [3.8, 4) is 0 Å². The molecule has 8 nitrogen and oxygen atoms in total.